The first kappa shape index (κ1) is 13.9. The number of H-pyrrole nitrogens is 1. The Bertz CT molecular complexity index is 663. The number of likely N-dealkylation sites (N-methyl/N-ethyl adjacent to an activating group) is 1. The lowest BCUT2D eigenvalue weighted by molar-refractivity contribution is 0.0698. The molecule has 1 atom stereocenters. The first-order chi connectivity index (χ1) is 10.1. The summed E-state index contributed by atoms with van der Waals surface area (Å²) in [5, 5.41) is 0.944. The van der Waals surface area contributed by atoms with E-state index < -0.39 is 0 Å². The van der Waals surface area contributed by atoms with Crippen molar-refractivity contribution in [2.45, 2.75) is 19.4 Å². The maximum absolute atomic E-state index is 12.9. The second-order valence-corrected chi connectivity index (χ2v) is 5.97. The normalized spacial score (nSPS) is 20.7. The number of hydrogen-bond acceptors (Lipinski definition) is 3. The average Bonchev–Trinajstić information content (AvgIpc) is 2.77. The number of anilines is 1. The number of carbonyl (C=O) groups is 1. The lowest BCUT2D eigenvalue weighted by Crippen LogP contribution is -2.41. The molecule has 0 radical (unpaired) electrons. The number of hydrogen-bond donors (Lipinski definition) is 2. The zero-order valence-electron chi connectivity index (χ0n) is 12.6. The average molecular weight is 286 g/mol. The molecule has 1 saturated heterocycles. The van der Waals surface area contributed by atoms with Crippen LogP contribution in [0.3, 0.4) is 0 Å². The fourth-order valence-electron chi connectivity index (χ4n) is 3.15. The fourth-order valence-corrected chi connectivity index (χ4v) is 3.15. The van der Waals surface area contributed by atoms with E-state index in [0.29, 0.717) is 5.69 Å². The van der Waals surface area contributed by atoms with Crippen LogP contribution in [0.2, 0.25) is 0 Å². The molecule has 1 aliphatic heterocycles. The van der Waals surface area contributed by atoms with E-state index in [-0.39, 0.29) is 11.9 Å². The highest BCUT2D eigenvalue weighted by atomic mass is 16.2. The molecule has 1 aromatic heterocycles. The first-order valence-electron chi connectivity index (χ1n) is 7.42. The van der Waals surface area contributed by atoms with Crippen molar-refractivity contribution in [3.05, 3.63) is 30.0 Å². The van der Waals surface area contributed by atoms with Crippen molar-refractivity contribution < 1.29 is 4.79 Å². The van der Waals surface area contributed by atoms with Gasteiger partial charge in [-0.25, -0.2) is 0 Å². The molecule has 1 aliphatic rings. The molecular formula is C16H22N4O. The number of nitrogen functional groups attached to an aromatic ring is 1. The van der Waals surface area contributed by atoms with E-state index in [1.807, 2.05) is 23.1 Å². The van der Waals surface area contributed by atoms with Crippen molar-refractivity contribution >= 4 is 22.5 Å². The fraction of sp³-hybridized carbons (Fsp3) is 0.438. The van der Waals surface area contributed by atoms with Crippen LogP contribution in [0.15, 0.2) is 24.4 Å². The van der Waals surface area contributed by atoms with E-state index in [0.717, 1.165) is 42.5 Å². The quantitative estimate of drug-likeness (QED) is 0.787. The number of nitrogens with zero attached hydrogens (tertiary/aromatic N) is 2. The van der Waals surface area contributed by atoms with E-state index in [1.165, 1.54) is 0 Å². The highest BCUT2D eigenvalue weighted by Gasteiger charge is 2.26. The van der Waals surface area contributed by atoms with Gasteiger partial charge in [0.25, 0.3) is 5.91 Å². The molecule has 1 unspecified atom stereocenters. The minimum Gasteiger partial charge on any atom is -0.399 e. The van der Waals surface area contributed by atoms with E-state index in [4.69, 9.17) is 5.73 Å². The number of nitrogens with two attached hydrogens (primary N) is 1. The standard InChI is InChI=1S/C16H22N4O/c1-11-10-19(2)6-3-7-20(11)16(21)14-9-18-15-8-12(17)4-5-13(14)15/h4-5,8-9,11,18H,3,6-7,10,17H2,1-2H3. The third-order valence-corrected chi connectivity index (χ3v) is 4.24. The van der Waals surface area contributed by atoms with Crippen LogP contribution < -0.4 is 5.73 Å². The van der Waals surface area contributed by atoms with Gasteiger partial charge in [-0.15, -0.1) is 0 Å². The topological polar surface area (TPSA) is 65.4 Å². The Labute approximate surface area is 124 Å². The summed E-state index contributed by atoms with van der Waals surface area (Å²) in [6.07, 6.45) is 2.82. The highest BCUT2D eigenvalue weighted by Crippen LogP contribution is 2.23. The van der Waals surface area contributed by atoms with E-state index in [1.54, 1.807) is 6.20 Å². The molecule has 0 saturated carbocycles. The van der Waals surface area contributed by atoms with Gasteiger partial charge in [0.1, 0.15) is 0 Å². The molecule has 112 valence electrons. The summed E-state index contributed by atoms with van der Waals surface area (Å²) < 4.78 is 0. The zero-order valence-corrected chi connectivity index (χ0v) is 12.6. The highest BCUT2D eigenvalue weighted by molar-refractivity contribution is 6.07. The number of benzene rings is 1. The van der Waals surface area contributed by atoms with Gasteiger partial charge in [-0.1, -0.05) is 0 Å². The van der Waals surface area contributed by atoms with Crippen molar-refractivity contribution in [1.82, 2.24) is 14.8 Å². The summed E-state index contributed by atoms with van der Waals surface area (Å²) in [4.78, 5) is 20.3. The lowest BCUT2D eigenvalue weighted by atomic mass is 10.1. The Kier molecular flexibility index (Phi) is 3.59. The predicted molar refractivity (Wildman–Crippen MR) is 85.3 cm³/mol. The third kappa shape index (κ3) is 2.61. The van der Waals surface area contributed by atoms with Crippen molar-refractivity contribution in [2.75, 3.05) is 32.4 Å². The summed E-state index contributed by atoms with van der Waals surface area (Å²) in [5.41, 5.74) is 8.14. The van der Waals surface area contributed by atoms with Crippen molar-refractivity contribution in [1.29, 1.82) is 0 Å². The predicted octanol–water partition coefficient (Wildman–Crippen LogP) is 1.92. The van der Waals surface area contributed by atoms with Gasteiger partial charge in [0.2, 0.25) is 0 Å². The lowest BCUT2D eigenvalue weighted by Gasteiger charge is -2.28. The molecule has 5 heteroatoms. The number of aromatic nitrogens is 1. The molecule has 2 heterocycles. The van der Waals surface area contributed by atoms with Crippen LogP contribution in [-0.4, -0.2) is 53.4 Å². The molecule has 2 aromatic rings. The molecule has 0 bridgehead atoms. The number of carbonyl (C=O) groups excluding carboxylic acids is 1. The van der Waals surface area contributed by atoms with E-state index in [2.05, 4.69) is 23.9 Å². The second kappa shape index (κ2) is 5.41. The van der Waals surface area contributed by atoms with Crippen LogP contribution in [0.1, 0.15) is 23.7 Å². The molecule has 3 rings (SSSR count). The minimum atomic E-state index is 0.105. The van der Waals surface area contributed by atoms with Crippen LogP contribution in [0.25, 0.3) is 10.9 Å². The van der Waals surface area contributed by atoms with Crippen LogP contribution in [0.4, 0.5) is 5.69 Å². The maximum atomic E-state index is 12.9. The van der Waals surface area contributed by atoms with Crippen LogP contribution >= 0.6 is 0 Å². The maximum Gasteiger partial charge on any atom is 0.256 e. The molecular weight excluding hydrogens is 264 g/mol. The Morgan fingerprint density at radius 1 is 1.38 bits per heavy atom. The summed E-state index contributed by atoms with van der Waals surface area (Å²) in [7, 11) is 2.11. The Morgan fingerprint density at radius 2 is 2.19 bits per heavy atom. The second-order valence-electron chi connectivity index (χ2n) is 5.97. The molecule has 0 aliphatic carbocycles. The Morgan fingerprint density at radius 3 is 3.00 bits per heavy atom. The molecule has 3 N–H and O–H groups in total. The third-order valence-electron chi connectivity index (χ3n) is 4.24. The molecule has 0 spiro atoms. The summed E-state index contributed by atoms with van der Waals surface area (Å²) in [5.74, 6) is 0.105. The molecule has 1 amide bonds. The van der Waals surface area contributed by atoms with Crippen molar-refractivity contribution in [3.8, 4) is 0 Å². The van der Waals surface area contributed by atoms with Gasteiger partial charge in [-0.05, 0) is 45.1 Å². The monoisotopic (exact) mass is 286 g/mol. The number of nitrogens with one attached hydrogen (secondary N) is 1. The summed E-state index contributed by atoms with van der Waals surface area (Å²) in [6, 6.07) is 5.85. The van der Waals surface area contributed by atoms with Gasteiger partial charge in [0.05, 0.1) is 5.56 Å². The van der Waals surface area contributed by atoms with E-state index in [9.17, 15) is 4.79 Å². The SMILES string of the molecule is CC1CN(C)CCCN1C(=O)c1c[nH]c2cc(N)ccc12. The summed E-state index contributed by atoms with van der Waals surface area (Å²) in [6.45, 7) is 4.89. The van der Waals surface area contributed by atoms with Gasteiger partial charge in [-0.2, -0.15) is 0 Å². The molecule has 21 heavy (non-hydrogen) atoms. The summed E-state index contributed by atoms with van der Waals surface area (Å²) >= 11 is 0. The minimum absolute atomic E-state index is 0.105. The van der Waals surface area contributed by atoms with Crippen molar-refractivity contribution in [2.24, 2.45) is 0 Å². The number of rotatable bonds is 1. The van der Waals surface area contributed by atoms with Crippen molar-refractivity contribution in [3.63, 3.8) is 0 Å². The first-order valence-corrected chi connectivity index (χ1v) is 7.42. The molecule has 1 fully saturated rings. The van der Waals surface area contributed by atoms with Gasteiger partial charge in [0, 0.05) is 41.9 Å². The largest absolute Gasteiger partial charge is 0.399 e. The Hall–Kier alpha value is -2.01. The van der Waals surface area contributed by atoms with Gasteiger partial charge in [0.15, 0.2) is 0 Å². The van der Waals surface area contributed by atoms with Crippen LogP contribution in [0, 0.1) is 0 Å². The number of fused-ring (bicyclic) bond motifs is 1. The Balaban J connectivity index is 1.92. The van der Waals surface area contributed by atoms with Gasteiger partial charge in [-0.3, -0.25) is 4.79 Å². The smallest absolute Gasteiger partial charge is 0.256 e. The van der Waals surface area contributed by atoms with Gasteiger partial charge < -0.3 is 20.5 Å². The van der Waals surface area contributed by atoms with Gasteiger partial charge >= 0.3 is 0 Å². The molecule has 1 aromatic carbocycles. The van der Waals surface area contributed by atoms with E-state index >= 15 is 0 Å². The zero-order chi connectivity index (χ0) is 15.0. The number of amides is 1. The van der Waals surface area contributed by atoms with Crippen LogP contribution in [-0.2, 0) is 0 Å². The molecule has 5 nitrogen and oxygen atoms in total. The van der Waals surface area contributed by atoms with Crippen LogP contribution in [0.5, 0.6) is 0 Å². The number of aromatic amines is 1.